The molecule has 13 heavy (non-hydrogen) atoms. The van der Waals surface area contributed by atoms with E-state index in [-0.39, 0.29) is 5.92 Å². The molecule has 64 valence electrons. The van der Waals surface area contributed by atoms with E-state index in [1.807, 2.05) is 6.07 Å². The zero-order valence-electron chi connectivity index (χ0n) is 7.23. The molecule has 0 radical (unpaired) electrons. The van der Waals surface area contributed by atoms with E-state index in [4.69, 9.17) is 0 Å². The van der Waals surface area contributed by atoms with Crippen molar-refractivity contribution in [2.24, 2.45) is 5.92 Å². The van der Waals surface area contributed by atoms with Crippen LogP contribution in [0.25, 0.3) is 0 Å². The van der Waals surface area contributed by atoms with E-state index in [0.717, 1.165) is 6.42 Å². The fraction of sp³-hybridized carbons (Fsp3) is 0.250. The Hall–Kier alpha value is -1.37. The molecule has 2 atom stereocenters. The summed E-state index contributed by atoms with van der Waals surface area (Å²) in [7, 11) is 0. The number of benzene rings is 1. The minimum atomic E-state index is 0.220. The lowest BCUT2D eigenvalue weighted by molar-refractivity contribution is -0.117. The molecule has 0 aromatic heterocycles. The standard InChI is InChI=1S/C12H10O/c13-12-6-5-10-9-4-2-1-3-8(9)7-11(10)12/h1-6,10-11H,7H2. The highest BCUT2D eigenvalue weighted by Crippen LogP contribution is 2.42. The number of hydrogen-bond acceptors (Lipinski definition) is 1. The maximum Gasteiger partial charge on any atom is 0.159 e. The predicted molar refractivity (Wildman–Crippen MR) is 50.5 cm³/mol. The van der Waals surface area contributed by atoms with Crippen LogP contribution in [0.1, 0.15) is 17.0 Å². The highest BCUT2D eigenvalue weighted by molar-refractivity contribution is 5.96. The van der Waals surface area contributed by atoms with Crippen molar-refractivity contribution in [2.45, 2.75) is 12.3 Å². The average Bonchev–Trinajstić information content (AvgIpc) is 2.67. The highest BCUT2D eigenvalue weighted by atomic mass is 16.1. The molecule has 0 N–H and O–H groups in total. The fourth-order valence-electron chi connectivity index (χ4n) is 2.46. The van der Waals surface area contributed by atoms with Crippen LogP contribution in [0.4, 0.5) is 0 Å². The minimum absolute atomic E-state index is 0.220. The Kier molecular flexibility index (Phi) is 1.26. The number of hydrogen-bond donors (Lipinski definition) is 0. The third-order valence-corrected chi connectivity index (χ3v) is 3.12. The molecular weight excluding hydrogens is 160 g/mol. The minimum Gasteiger partial charge on any atom is -0.295 e. The Morgan fingerprint density at radius 1 is 1.23 bits per heavy atom. The van der Waals surface area contributed by atoms with Crippen LogP contribution >= 0.6 is 0 Å². The molecule has 0 bridgehead atoms. The molecule has 1 heteroatoms. The maximum atomic E-state index is 11.4. The third-order valence-electron chi connectivity index (χ3n) is 3.12. The second-order valence-corrected chi connectivity index (χ2v) is 3.80. The van der Waals surface area contributed by atoms with Crippen LogP contribution in [-0.4, -0.2) is 5.78 Å². The van der Waals surface area contributed by atoms with Gasteiger partial charge in [-0.25, -0.2) is 0 Å². The van der Waals surface area contributed by atoms with E-state index in [9.17, 15) is 4.79 Å². The van der Waals surface area contributed by atoms with Gasteiger partial charge in [0.2, 0.25) is 0 Å². The first-order valence-corrected chi connectivity index (χ1v) is 4.66. The molecular formula is C12H10O. The van der Waals surface area contributed by atoms with Crippen molar-refractivity contribution in [2.75, 3.05) is 0 Å². The average molecular weight is 170 g/mol. The summed E-state index contributed by atoms with van der Waals surface area (Å²) in [6.07, 6.45) is 4.73. The Bertz CT molecular complexity index is 403. The number of carbonyl (C=O) groups is 1. The van der Waals surface area contributed by atoms with Crippen molar-refractivity contribution >= 4 is 5.78 Å². The zero-order valence-corrected chi connectivity index (χ0v) is 7.23. The largest absolute Gasteiger partial charge is 0.295 e. The van der Waals surface area contributed by atoms with E-state index in [0.29, 0.717) is 11.7 Å². The van der Waals surface area contributed by atoms with E-state index in [1.54, 1.807) is 6.08 Å². The normalized spacial score (nSPS) is 29.1. The number of fused-ring (bicyclic) bond motifs is 3. The van der Waals surface area contributed by atoms with Crippen molar-refractivity contribution in [3.8, 4) is 0 Å². The lowest BCUT2D eigenvalue weighted by Crippen LogP contribution is -2.09. The van der Waals surface area contributed by atoms with Gasteiger partial charge in [0.05, 0.1) is 0 Å². The lowest BCUT2D eigenvalue weighted by atomic mass is 9.96. The summed E-state index contributed by atoms with van der Waals surface area (Å²) in [6.45, 7) is 0. The van der Waals surface area contributed by atoms with Crippen molar-refractivity contribution in [3.63, 3.8) is 0 Å². The van der Waals surface area contributed by atoms with Crippen molar-refractivity contribution in [1.29, 1.82) is 0 Å². The van der Waals surface area contributed by atoms with Crippen LogP contribution < -0.4 is 0 Å². The van der Waals surface area contributed by atoms with Gasteiger partial charge in [-0.1, -0.05) is 30.3 Å². The monoisotopic (exact) mass is 170 g/mol. The summed E-state index contributed by atoms with van der Waals surface area (Å²) in [5.74, 6) is 0.905. The van der Waals surface area contributed by atoms with Crippen LogP contribution in [0.15, 0.2) is 36.4 Å². The molecule has 1 aromatic carbocycles. The Labute approximate surface area is 77.1 Å². The molecule has 2 unspecified atom stereocenters. The number of ketones is 1. The third kappa shape index (κ3) is 0.844. The first-order chi connectivity index (χ1) is 6.36. The van der Waals surface area contributed by atoms with Crippen molar-refractivity contribution < 1.29 is 4.79 Å². The van der Waals surface area contributed by atoms with Crippen LogP contribution in [0.2, 0.25) is 0 Å². The summed E-state index contributed by atoms with van der Waals surface area (Å²) in [4.78, 5) is 11.4. The molecule has 2 aliphatic rings. The summed E-state index contributed by atoms with van der Waals surface area (Å²) in [5, 5.41) is 0. The second kappa shape index (κ2) is 2.32. The molecule has 1 aromatic rings. The van der Waals surface area contributed by atoms with Crippen LogP contribution in [-0.2, 0) is 11.2 Å². The van der Waals surface area contributed by atoms with E-state index in [1.165, 1.54) is 11.1 Å². The fourth-order valence-corrected chi connectivity index (χ4v) is 2.46. The van der Waals surface area contributed by atoms with E-state index in [2.05, 4.69) is 24.3 Å². The van der Waals surface area contributed by atoms with Crippen molar-refractivity contribution in [3.05, 3.63) is 47.5 Å². The quantitative estimate of drug-likeness (QED) is 0.582. The molecule has 0 saturated carbocycles. The number of carbonyl (C=O) groups excluding carboxylic acids is 1. The molecule has 1 nitrogen and oxygen atoms in total. The van der Waals surface area contributed by atoms with Crippen LogP contribution in [0, 0.1) is 5.92 Å². The van der Waals surface area contributed by atoms with Gasteiger partial charge in [0.1, 0.15) is 0 Å². The van der Waals surface area contributed by atoms with E-state index < -0.39 is 0 Å². The SMILES string of the molecule is O=C1C=CC2c3ccccc3CC12. The predicted octanol–water partition coefficient (Wildman–Crippen LogP) is 2.08. The number of rotatable bonds is 0. The van der Waals surface area contributed by atoms with Gasteiger partial charge in [0.25, 0.3) is 0 Å². The van der Waals surface area contributed by atoms with Gasteiger partial charge in [-0.15, -0.1) is 0 Å². The topological polar surface area (TPSA) is 17.1 Å². The Balaban J connectivity index is 2.14. The van der Waals surface area contributed by atoms with Crippen LogP contribution in [0.3, 0.4) is 0 Å². The summed E-state index contributed by atoms with van der Waals surface area (Å²) >= 11 is 0. The summed E-state index contributed by atoms with van der Waals surface area (Å²) in [6, 6.07) is 8.38. The zero-order chi connectivity index (χ0) is 8.84. The molecule has 0 heterocycles. The first kappa shape index (κ1) is 7.07. The summed E-state index contributed by atoms with van der Waals surface area (Å²) < 4.78 is 0. The maximum absolute atomic E-state index is 11.4. The van der Waals surface area contributed by atoms with Gasteiger partial charge in [-0.2, -0.15) is 0 Å². The van der Waals surface area contributed by atoms with Crippen LogP contribution in [0.5, 0.6) is 0 Å². The Morgan fingerprint density at radius 3 is 3.00 bits per heavy atom. The first-order valence-electron chi connectivity index (χ1n) is 4.66. The molecule has 0 amide bonds. The lowest BCUT2D eigenvalue weighted by Gasteiger charge is -2.06. The van der Waals surface area contributed by atoms with Gasteiger partial charge in [-0.05, 0) is 23.6 Å². The summed E-state index contributed by atoms with van der Waals surface area (Å²) in [5.41, 5.74) is 2.71. The van der Waals surface area contributed by atoms with Gasteiger partial charge < -0.3 is 0 Å². The molecule has 3 rings (SSSR count). The number of allylic oxidation sites excluding steroid dienone is 2. The van der Waals surface area contributed by atoms with Gasteiger partial charge >= 0.3 is 0 Å². The van der Waals surface area contributed by atoms with Gasteiger partial charge in [0.15, 0.2) is 5.78 Å². The molecule has 0 spiro atoms. The van der Waals surface area contributed by atoms with Gasteiger partial charge in [-0.3, -0.25) is 4.79 Å². The molecule has 0 saturated heterocycles. The van der Waals surface area contributed by atoms with E-state index >= 15 is 0 Å². The highest BCUT2D eigenvalue weighted by Gasteiger charge is 2.37. The smallest absolute Gasteiger partial charge is 0.159 e. The molecule has 0 fully saturated rings. The Morgan fingerprint density at radius 2 is 2.08 bits per heavy atom. The molecule has 2 aliphatic carbocycles. The molecule has 0 aliphatic heterocycles. The van der Waals surface area contributed by atoms with Crippen molar-refractivity contribution in [1.82, 2.24) is 0 Å². The van der Waals surface area contributed by atoms with Gasteiger partial charge in [0, 0.05) is 11.8 Å². The second-order valence-electron chi connectivity index (χ2n) is 3.80.